The number of nitrogens with zero attached hydrogens (tertiary/aromatic N) is 2. The van der Waals surface area contributed by atoms with E-state index in [2.05, 4.69) is 25.2 Å². The fraction of sp³-hybridized carbons (Fsp3) is 0.520. The highest BCUT2D eigenvalue weighted by molar-refractivity contribution is 7.89. The zero-order chi connectivity index (χ0) is 25.3. The summed E-state index contributed by atoms with van der Waals surface area (Å²) in [4.78, 5) is 19.0. The van der Waals surface area contributed by atoms with Crippen molar-refractivity contribution in [3.63, 3.8) is 0 Å². The van der Waals surface area contributed by atoms with Crippen LogP contribution in [0.2, 0.25) is 0 Å². The largest absolute Gasteiger partial charge is 0.385 e. The van der Waals surface area contributed by atoms with Gasteiger partial charge in [0.1, 0.15) is 0 Å². The number of pyridine rings is 1. The number of methoxy groups -OCH3 is 1. The zero-order valence-corrected chi connectivity index (χ0v) is 21.7. The van der Waals surface area contributed by atoms with Gasteiger partial charge in [0.05, 0.1) is 4.90 Å². The van der Waals surface area contributed by atoms with E-state index in [0.29, 0.717) is 24.6 Å². The molecule has 1 aliphatic rings. The van der Waals surface area contributed by atoms with E-state index >= 15 is 0 Å². The van der Waals surface area contributed by atoms with Crippen LogP contribution in [0.25, 0.3) is 0 Å². The smallest absolute Gasteiger partial charge is 0.319 e. The lowest BCUT2D eigenvalue weighted by Gasteiger charge is -2.32. The third-order valence-electron chi connectivity index (χ3n) is 6.01. The molecule has 0 bridgehead atoms. The summed E-state index contributed by atoms with van der Waals surface area (Å²) in [6, 6.07) is 10.4. The standard InChI is InChI=1S/C25H37N5O4S/c1-19-17-23(18-20(2)27-19)28-25(31)26-12-15-30-13-10-22(11-14-30)29-35(32,33)24-8-6-21(7-9-24)5-4-16-34-3/h6-9,17-18,22,29H,4-5,10-16H2,1-3H3,(H2,26,27,28,31). The lowest BCUT2D eigenvalue weighted by atomic mass is 10.1. The van der Waals surface area contributed by atoms with Gasteiger partial charge < -0.3 is 20.3 Å². The van der Waals surface area contributed by atoms with Crippen LogP contribution >= 0.6 is 0 Å². The lowest BCUT2D eigenvalue weighted by Crippen LogP contribution is -2.46. The number of hydrogen-bond acceptors (Lipinski definition) is 6. The number of aryl methyl sites for hydroxylation is 3. The number of aromatic nitrogens is 1. The van der Waals surface area contributed by atoms with E-state index in [9.17, 15) is 13.2 Å². The van der Waals surface area contributed by atoms with Crippen molar-refractivity contribution in [3.05, 3.63) is 53.3 Å². The summed E-state index contributed by atoms with van der Waals surface area (Å²) in [5, 5.41) is 5.71. The van der Waals surface area contributed by atoms with Crippen molar-refractivity contribution >= 4 is 21.7 Å². The van der Waals surface area contributed by atoms with E-state index in [1.165, 1.54) is 0 Å². The molecule has 0 spiro atoms. The van der Waals surface area contributed by atoms with E-state index in [4.69, 9.17) is 4.74 Å². The summed E-state index contributed by atoms with van der Waals surface area (Å²) in [7, 11) is -1.87. The number of ether oxygens (including phenoxy) is 1. The second-order valence-corrected chi connectivity index (χ2v) is 10.7. The van der Waals surface area contributed by atoms with Crippen molar-refractivity contribution in [1.29, 1.82) is 0 Å². The van der Waals surface area contributed by atoms with Gasteiger partial charge in [0.15, 0.2) is 0 Å². The van der Waals surface area contributed by atoms with Crippen LogP contribution in [0.5, 0.6) is 0 Å². The molecule has 0 atom stereocenters. The molecule has 10 heteroatoms. The van der Waals surface area contributed by atoms with Crippen LogP contribution in [0.15, 0.2) is 41.3 Å². The number of sulfonamides is 1. The number of amides is 2. The molecule has 1 aliphatic heterocycles. The van der Waals surface area contributed by atoms with E-state index in [0.717, 1.165) is 61.4 Å². The average Bonchev–Trinajstić information content (AvgIpc) is 2.80. The molecule has 1 saturated heterocycles. The Morgan fingerprint density at radius 2 is 1.77 bits per heavy atom. The number of hydrogen-bond donors (Lipinski definition) is 3. The number of carbonyl (C=O) groups excluding carboxylic acids is 1. The third kappa shape index (κ3) is 8.88. The number of piperidine rings is 1. The topological polar surface area (TPSA) is 113 Å². The van der Waals surface area contributed by atoms with Crippen molar-refractivity contribution in [2.75, 3.05) is 45.2 Å². The van der Waals surface area contributed by atoms with Gasteiger partial charge in [0.25, 0.3) is 0 Å². The first-order chi connectivity index (χ1) is 16.7. The van der Waals surface area contributed by atoms with Crippen molar-refractivity contribution in [2.24, 2.45) is 0 Å². The van der Waals surface area contributed by atoms with Crippen molar-refractivity contribution in [1.82, 2.24) is 19.9 Å². The Morgan fingerprint density at radius 3 is 2.40 bits per heavy atom. The normalized spacial score (nSPS) is 15.2. The maximum atomic E-state index is 12.8. The molecular formula is C25H37N5O4S. The number of carbonyl (C=O) groups is 1. The van der Waals surface area contributed by atoms with Crippen molar-refractivity contribution in [2.45, 2.75) is 50.5 Å². The molecule has 1 aromatic heterocycles. The molecule has 2 amide bonds. The van der Waals surface area contributed by atoms with E-state index in [1.807, 2.05) is 38.1 Å². The van der Waals surface area contributed by atoms with Crippen molar-refractivity contribution < 1.29 is 17.9 Å². The van der Waals surface area contributed by atoms with Gasteiger partial charge in [-0.15, -0.1) is 0 Å². The second kappa shape index (κ2) is 13.0. The summed E-state index contributed by atoms with van der Waals surface area (Å²) in [6.45, 7) is 7.25. The lowest BCUT2D eigenvalue weighted by molar-refractivity contribution is 0.195. The van der Waals surface area contributed by atoms with Crippen LogP contribution in [0.4, 0.5) is 10.5 Å². The second-order valence-electron chi connectivity index (χ2n) is 9.00. The first-order valence-electron chi connectivity index (χ1n) is 12.1. The molecule has 2 heterocycles. The van der Waals surface area contributed by atoms with Gasteiger partial charge in [-0.1, -0.05) is 12.1 Å². The van der Waals surface area contributed by atoms with Crippen LogP contribution in [0.3, 0.4) is 0 Å². The Kier molecular flexibility index (Phi) is 10.0. The van der Waals surface area contributed by atoms with Crippen LogP contribution in [-0.4, -0.2) is 70.3 Å². The summed E-state index contributed by atoms with van der Waals surface area (Å²) in [5.74, 6) is 0. The fourth-order valence-electron chi connectivity index (χ4n) is 4.23. The SMILES string of the molecule is COCCCc1ccc(S(=O)(=O)NC2CCN(CCNC(=O)Nc3cc(C)nc(C)c3)CC2)cc1. The minimum absolute atomic E-state index is 0.0907. The number of likely N-dealkylation sites (tertiary alicyclic amines) is 1. The Labute approximate surface area is 208 Å². The number of nitrogens with one attached hydrogen (secondary N) is 3. The first kappa shape index (κ1) is 27.1. The van der Waals surface area contributed by atoms with Crippen LogP contribution < -0.4 is 15.4 Å². The quantitative estimate of drug-likeness (QED) is 0.407. The van der Waals surface area contributed by atoms with Gasteiger partial charge >= 0.3 is 6.03 Å². The van der Waals surface area contributed by atoms with Crippen LogP contribution in [-0.2, 0) is 21.2 Å². The summed E-state index contributed by atoms with van der Waals surface area (Å²) in [5.41, 5.74) is 3.53. The Morgan fingerprint density at radius 1 is 1.11 bits per heavy atom. The summed E-state index contributed by atoms with van der Waals surface area (Å²) < 4.78 is 33.5. The van der Waals surface area contributed by atoms with E-state index < -0.39 is 10.0 Å². The van der Waals surface area contributed by atoms with E-state index in [1.54, 1.807) is 19.2 Å². The molecular weight excluding hydrogens is 466 g/mol. The Balaban J connectivity index is 1.37. The Hall–Kier alpha value is -2.53. The van der Waals surface area contributed by atoms with Gasteiger partial charge in [0, 0.05) is 49.9 Å². The van der Waals surface area contributed by atoms with Crippen LogP contribution in [0, 0.1) is 13.8 Å². The molecule has 35 heavy (non-hydrogen) atoms. The highest BCUT2D eigenvalue weighted by atomic mass is 32.2. The maximum absolute atomic E-state index is 12.8. The predicted octanol–water partition coefficient (Wildman–Crippen LogP) is 2.84. The fourth-order valence-corrected chi connectivity index (χ4v) is 5.53. The molecule has 0 radical (unpaired) electrons. The number of rotatable bonds is 11. The number of anilines is 1. The van der Waals surface area contributed by atoms with Gasteiger partial charge in [-0.3, -0.25) is 4.98 Å². The molecule has 3 N–H and O–H groups in total. The molecule has 0 aliphatic carbocycles. The Bertz CT molecular complexity index is 1050. The van der Waals surface area contributed by atoms with Crippen molar-refractivity contribution in [3.8, 4) is 0 Å². The monoisotopic (exact) mass is 503 g/mol. The number of benzene rings is 1. The molecule has 2 aromatic rings. The summed E-state index contributed by atoms with van der Waals surface area (Å²) >= 11 is 0. The maximum Gasteiger partial charge on any atom is 0.319 e. The number of urea groups is 1. The van der Waals surface area contributed by atoms with Gasteiger partial charge in [-0.2, -0.15) is 0 Å². The highest BCUT2D eigenvalue weighted by Crippen LogP contribution is 2.16. The minimum atomic E-state index is -3.55. The predicted molar refractivity (Wildman–Crippen MR) is 137 cm³/mol. The molecule has 1 fully saturated rings. The highest BCUT2D eigenvalue weighted by Gasteiger charge is 2.24. The van der Waals surface area contributed by atoms with Gasteiger partial charge in [-0.05, 0) is 82.4 Å². The molecule has 3 rings (SSSR count). The van der Waals surface area contributed by atoms with Gasteiger partial charge in [0.2, 0.25) is 10.0 Å². The average molecular weight is 504 g/mol. The first-order valence-corrected chi connectivity index (χ1v) is 13.6. The molecule has 1 aromatic carbocycles. The summed E-state index contributed by atoms with van der Waals surface area (Å²) in [6.07, 6.45) is 3.23. The zero-order valence-electron chi connectivity index (χ0n) is 20.8. The third-order valence-corrected chi connectivity index (χ3v) is 7.55. The molecule has 192 valence electrons. The molecule has 0 saturated carbocycles. The minimum Gasteiger partial charge on any atom is -0.385 e. The van der Waals surface area contributed by atoms with E-state index in [-0.39, 0.29) is 12.1 Å². The van der Waals surface area contributed by atoms with Crippen LogP contribution in [0.1, 0.15) is 36.2 Å². The molecule has 0 unspecified atom stereocenters. The van der Waals surface area contributed by atoms with Gasteiger partial charge in [-0.25, -0.2) is 17.9 Å². The molecule has 9 nitrogen and oxygen atoms in total.